The maximum Gasteiger partial charge on any atom is 0.135 e. The molecule has 0 saturated carbocycles. The lowest BCUT2D eigenvalue weighted by Crippen LogP contribution is -2.18. The van der Waals surface area contributed by atoms with Gasteiger partial charge in [-0.05, 0) is 38.1 Å². The summed E-state index contributed by atoms with van der Waals surface area (Å²) in [6.07, 6.45) is 4.46. The third kappa shape index (κ3) is 1.72. The third-order valence-electron chi connectivity index (χ3n) is 3.22. The second-order valence-corrected chi connectivity index (χ2v) is 4.76. The summed E-state index contributed by atoms with van der Waals surface area (Å²) in [5, 5.41) is 1.87. The second-order valence-electron chi connectivity index (χ2n) is 4.36. The van der Waals surface area contributed by atoms with E-state index in [2.05, 4.69) is 4.90 Å². The fraction of sp³-hybridized carbons (Fsp3) is 0.385. The zero-order chi connectivity index (χ0) is 11.0. The maximum atomic E-state index is 6.21. The first-order valence-corrected chi connectivity index (χ1v) is 6.09. The van der Waals surface area contributed by atoms with E-state index in [0.29, 0.717) is 0 Å². The molecule has 0 aliphatic carbocycles. The summed E-state index contributed by atoms with van der Waals surface area (Å²) in [7, 11) is 0. The number of nitrogens with zero attached hydrogens (tertiary/aromatic N) is 1. The van der Waals surface area contributed by atoms with Crippen molar-refractivity contribution in [2.45, 2.75) is 19.4 Å². The summed E-state index contributed by atoms with van der Waals surface area (Å²) in [6, 6.07) is 5.81. The van der Waals surface area contributed by atoms with E-state index in [1.807, 2.05) is 24.5 Å². The van der Waals surface area contributed by atoms with Gasteiger partial charge in [-0.1, -0.05) is 17.7 Å². The van der Waals surface area contributed by atoms with Gasteiger partial charge in [0.15, 0.2) is 0 Å². The van der Waals surface area contributed by atoms with Crippen molar-refractivity contribution in [1.82, 2.24) is 4.90 Å². The van der Waals surface area contributed by atoms with Gasteiger partial charge in [0.05, 0.1) is 11.3 Å². The molecule has 0 radical (unpaired) electrons. The fourth-order valence-electron chi connectivity index (χ4n) is 2.41. The lowest BCUT2D eigenvalue weighted by atomic mass is 10.1. The van der Waals surface area contributed by atoms with Gasteiger partial charge in [0.1, 0.15) is 5.58 Å². The predicted molar refractivity (Wildman–Crippen MR) is 65.7 cm³/mol. The molecular weight excluding hydrogens is 222 g/mol. The monoisotopic (exact) mass is 235 g/mol. The standard InChI is InChI=1S/C13H14ClNO/c14-11-4-3-5-12-13(11)10(9-16-12)8-15-6-1-2-7-15/h3-5,9H,1-2,6-8H2. The Kier molecular flexibility index (Phi) is 2.62. The largest absolute Gasteiger partial charge is 0.464 e. The molecule has 84 valence electrons. The number of benzene rings is 1. The van der Waals surface area contributed by atoms with Gasteiger partial charge in [-0.2, -0.15) is 0 Å². The molecular formula is C13H14ClNO. The molecule has 1 fully saturated rings. The second kappa shape index (κ2) is 4.11. The van der Waals surface area contributed by atoms with Gasteiger partial charge in [-0.3, -0.25) is 4.90 Å². The van der Waals surface area contributed by atoms with Crippen molar-refractivity contribution < 1.29 is 4.42 Å². The van der Waals surface area contributed by atoms with Gasteiger partial charge in [0.2, 0.25) is 0 Å². The number of hydrogen-bond acceptors (Lipinski definition) is 2. The quantitative estimate of drug-likeness (QED) is 0.790. The first-order chi connectivity index (χ1) is 7.84. The van der Waals surface area contributed by atoms with Crippen molar-refractivity contribution in [3.8, 4) is 0 Å². The average Bonchev–Trinajstić information content (AvgIpc) is 2.90. The Hall–Kier alpha value is -0.990. The zero-order valence-corrected chi connectivity index (χ0v) is 9.83. The van der Waals surface area contributed by atoms with E-state index >= 15 is 0 Å². The number of halogens is 1. The molecule has 3 rings (SSSR count). The average molecular weight is 236 g/mol. The first kappa shape index (κ1) is 10.2. The van der Waals surface area contributed by atoms with Crippen LogP contribution in [-0.2, 0) is 6.54 Å². The van der Waals surface area contributed by atoms with E-state index in [-0.39, 0.29) is 0 Å². The lowest BCUT2D eigenvalue weighted by molar-refractivity contribution is 0.331. The summed E-state index contributed by atoms with van der Waals surface area (Å²) in [4.78, 5) is 2.45. The summed E-state index contributed by atoms with van der Waals surface area (Å²) < 4.78 is 5.53. The Morgan fingerprint density at radius 3 is 2.88 bits per heavy atom. The highest BCUT2D eigenvalue weighted by Gasteiger charge is 2.15. The maximum absolute atomic E-state index is 6.21. The fourth-order valence-corrected chi connectivity index (χ4v) is 2.69. The molecule has 0 N–H and O–H groups in total. The summed E-state index contributed by atoms with van der Waals surface area (Å²) in [6.45, 7) is 3.34. The summed E-state index contributed by atoms with van der Waals surface area (Å²) in [5.74, 6) is 0. The molecule has 0 unspecified atom stereocenters. The van der Waals surface area contributed by atoms with Crippen LogP contribution in [0.5, 0.6) is 0 Å². The van der Waals surface area contributed by atoms with Gasteiger partial charge >= 0.3 is 0 Å². The molecule has 0 amide bonds. The van der Waals surface area contributed by atoms with Crippen LogP contribution in [0.3, 0.4) is 0 Å². The van der Waals surface area contributed by atoms with Crippen molar-refractivity contribution in [2.24, 2.45) is 0 Å². The van der Waals surface area contributed by atoms with E-state index in [1.165, 1.54) is 31.5 Å². The normalized spacial score (nSPS) is 17.3. The molecule has 1 aromatic carbocycles. The third-order valence-corrected chi connectivity index (χ3v) is 3.53. The van der Waals surface area contributed by atoms with Crippen LogP contribution in [0.4, 0.5) is 0 Å². The molecule has 0 spiro atoms. The number of furan rings is 1. The van der Waals surface area contributed by atoms with E-state index in [0.717, 1.165) is 22.5 Å². The zero-order valence-electron chi connectivity index (χ0n) is 9.08. The predicted octanol–water partition coefficient (Wildman–Crippen LogP) is 3.68. The summed E-state index contributed by atoms with van der Waals surface area (Å²) in [5.41, 5.74) is 2.10. The smallest absolute Gasteiger partial charge is 0.135 e. The van der Waals surface area contributed by atoms with Crippen LogP contribution in [0.1, 0.15) is 18.4 Å². The number of likely N-dealkylation sites (tertiary alicyclic amines) is 1. The van der Waals surface area contributed by atoms with Crippen molar-refractivity contribution in [3.63, 3.8) is 0 Å². The Bertz CT molecular complexity index is 500. The van der Waals surface area contributed by atoms with Gasteiger partial charge in [-0.15, -0.1) is 0 Å². The van der Waals surface area contributed by atoms with E-state index in [4.69, 9.17) is 16.0 Å². The van der Waals surface area contributed by atoms with E-state index < -0.39 is 0 Å². The van der Waals surface area contributed by atoms with Crippen LogP contribution in [0.25, 0.3) is 11.0 Å². The molecule has 2 heterocycles. The number of hydrogen-bond donors (Lipinski definition) is 0. The van der Waals surface area contributed by atoms with Crippen LogP contribution < -0.4 is 0 Å². The molecule has 3 heteroatoms. The van der Waals surface area contributed by atoms with Gasteiger partial charge in [0, 0.05) is 17.5 Å². The Labute approximate surface area is 99.8 Å². The van der Waals surface area contributed by atoms with Crippen LogP contribution in [-0.4, -0.2) is 18.0 Å². The molecule has 2 nitrogen and oxygen atoms in total. The van der Waals surface area contributed by atoms with E-state index in [1.54, 1.807) is 0 Å². The minimum atomic E-state index is 0.792. The molecule has 1 saturated heterocycles. The minimum Gasteiger partial charge on any atom is -0.464 e. The minimum absolute atomic E-state index is 0.792. The van der Waals surface area contributed by atoms with Crippen LogP contribution in [0, 0.1) is 0 Å². The molecule has 1 aliphatic rings. The molecule has 1 aliphatic heterocycles. The highest BCUT2D eigenvalue weighted by atomic mass is 35.5. The van der Waals surface area contributed by atoms with Crippen LogP contribution in [0.2, 0.25) is 5.02 Å². The molecule has 2 aromatic rings. The molecule has 1 aromatic heterocycles. The topological polar surface area (TPSA) is 16.4 Å². The summed E-state index contributed by atoms with van der Waals surface area (Å²) >= 11 is 6.21. The van der Waals surface area contributed by atoms with Crippen molar-refractivity contribution in [1.29, 1.82) is 0 Å². The van der Waals surface area contributed by atoms with Gasteiger partial charge in [-0.25, -0.2) is 0 Å². The Morgan fingerprint density at radius 2 is 2.06 bits per heavy atom. The Balaban J connectivity index is 1.97. The first-order valence-electron chi connectivity index (χ1n) is 5.71. The number of rotatable bonds is 2. The van der Waals surface area contributed by atoms with Crippen molar-refractivity contribution in [2.75, 3.05) is 13.1 Å². The van der Waals surface area contributed by atoms with Gasteiger partial charge in [0.25, 0.3) is 0 Å². The van der Waals surface area contributed by atoms with E-state index in [9.17, 15) is 0 Å². The van der Waals surface area contributed by atoms with Crippen molar-refractivity contribution >= 4 is 22.6 Å². The van der Waals surface area contributed by atoms with Gasteiger partial charge < -0.3 is 4.42 Å². The molecule has 16 heavy (non-hydrogen) atoms. The molecule has 0 atom stereocenters. The highest BCUT2D eigenvalue weighted by Crippen LogP contribution is 2.29. The number of fused-ring (bicyclic) bond motifs is 1. The van der Waals surface area contributed by atoms with Crippen molar-refractivity contribution in [3.05, 3.63) is 35.0 Å². The lowest BCUT2D eigenvalue weighted by Gasteiger charge is -2.13. The Morgan fingerprint density at radius 1 is 1.25 bits per heavy atom. The van der Waals surface area contributed by atoms with Crippen LogP contribution in [0.15, 0.2) is 28.9 Å². The SMILES string of the molecule is Clc1cccc2occ(CN3CCCC3)c12. The highest BCUT2D eigenvalue weighted by molar-refractivity contribution is 6.35. The van der Waals surface area contributed by atoms with Crippen LogP contribution >= 0.6 is 11.6 Å². The molecule has 0 bridgehead atoms.